The summed E-state index contributed by atoms with van der Waals surface area (Å²) < 4.78 is 15.5. The second kappa shape index (κ2) is 8.31. The first-order chi connectivity index (χ1) is 15.9. The number of aromatic nitrogens is 3. The number of nitrogen functional groups attached to an aromatic ring is 1. The van der Waals surface area contributed by atoms with E-state index in [2.05, 4.69) is 11.1 Å². The van der Waals surface area contributed by atoms with Crippen LogP contribution >= 0.6 is 0 Å². The van der Waals surface area contributed by atoms with Crippen molar-refractivity contribution in [2.45, 2.75) is 25.7 Å². The molecule has 1 saturated heterocycles. The second-order valence-corrected chi connectivity index (χ2v) is 8.78. The van der Waals surface area contributed by atoms with Gasteiger partial charge in [-0.3, -0.25) is 9.78 Å². The second-order valence-electron chi connectivity index (χ2n) is 8.78. The third-order valence-corrected chi connectivity index (χ3v) is 6.44. The highest BCUT2D eigenvalue weighted by molar-refractivity contribution is 5.98. The molecular formula is C26H26FN5O. The van der Waals surface area contributed by atoms with Gasteiger partial charge in [0.2, 0.25) is 0 Å². The predicted octanol–water partition coefficient (Wildman–Crippen LogP) is 4.68. The van der Waals surface area contributed by atoms with Crippen molar-refractivity contribution in [2.24, 2.45) is 7.05 Å². The number of halogens is 1. The number of hydrogen-bond donors (Lipinski definition) is 1. The first kappa shape index (κ1) is 21.1. The summed E-state index contributed by atoms with van der Waals surface area (Å²) in [4.78, 5) is 24.3. The van der Waals surface area contributed by atoms with Crippen LogP contribution in [0.5, 0.6) is 0 Å². The Balaban J connectivity index is 1.42. The zero-order valence-electron chi connectivity index (χ0n) is 18.8. The summed E-state index contributed by atoms with van der Waals surface area (Å²) in [5, 5.41) is 0.733. The van der Waals surface area contributed by atoms with Crippen LogP contribution < -0.4 is 5.73 Å². The van der Waals surface area contributed by atoms with E-state index in [-0.39, 0.29) is 17.6 Å². The number of pyridine rings is 2. The van der Waals surface area contributed by atoms with Gasteiger partial charge in [-0.15, -0.1) is 0 Å². The third kappa shape index (κ3) is 4.06. The molecule has 5 rings (SSSR count). The van der Waals surface area contributed by atoms with E-state index in [9.17, 15) is 9.18 Å². The lowest BCUT2D eigenvalue weighted by Crippen LogP contribution is -2.40. The van der Waals surface area contributed by atoms with Gasteiger partial charge in [0.25, 0.3) is 5.91 Å². The molecule has 1 aromatic carbocycles. The molecule has 0 radical (unpaired) electrons. The van der Waals surface area contributed by atoms with Gasteiger partial charge in [-0.05, 0) is 73.9 Å². The van der Waals surface area contributed by atoms with Gasteiger partial charge in [0.15, 0.2) is 0 Å². The van der Waals surface area contributed by atoms with Crippen molar-refractivity contribution in [3.8, 4) is 11.1 Å². The number of benzene rings is 1. The lowest BCUT2D eigenvalue weighted by molar-refractivity contribution is 0.0696. The Labute approximate surface area is 191 Å². The summed E-state index contributed by atoms with van der Waals surface area (Å²) in [6.45, 7) is 3.29. The Morgan fingerprint density at radius 1 is 1.12 bits per heavy atom. The molecule has 2 N–H and O–H groups in total. The van der Waals surface area contributed by atoms with Crippen molar-refractivity contribution in [3.63, 3.8) is 0 Å². The zero-order valence-corrected chi connectivity index (χ0v) is 18.8. The number of carbonyl (C=O) groups excluding carboxylic acids is 1. The van der Waals surface area contributed by atoms with Crippen LogP contribution in [0, 0.1) is 12.7 Å². The topological polar surface area (TPSA) is 77.0 Å². The van der Waals surface area contributed by atoms with E-state index < -0.39 is 0 Å². The van der Waals surface area contributed by atoms with Crippen LogP contribution in [0.15, 0.2) is 54.7 Å². The number of likely N-dealkylation sites (tertiary alicyclic amines) is 1. The Hall–Kier alpha value is -3.74. The van der Waals surface area contributed by atoms with Crippen molar-refractivity contribution < 1.29 is 9.18 Å². The average Bonchev–Trinajstić information content (AvgIpc) is 3.14. The summed E-state index contributed by atoms with van der Waals surface area (Å²) in [5.74, 6) is 0.301. The van der Waals surface area contributed by atoms with E-state index in [1.807, 2.05) is 35.6 Å². The highest BCUT2D eigenvalue weighted by Gasteiger charge is 2.28. The fraction of sp³-hybridized carbons (Fsp3) is 0.269. The number of fused-ring (bicyclic) bond motifs is 1. The maximum atomic E-state index is 13.7. The lowest BCUT2D eigenvalue weighted by atomic mass is 9.92. The minimum Gasteiger partial charge on any atom is -0.384 e. The molecule has 1 fully saturated rings. The molecule has 1 aliphatic heterocycles. The number of hydrogen-bond acceptors (Lipinski definition) is 4. The molecule has 0 spiro atoms. The summed E-state index contributed by atoms with van der Waals surface area (Å²) >= 11 is 0. The van der Waals surface area contributed by atoms with Gasteiger partial charge in [0.05, 0.1) is 0 Å². The summed E-state index contributed by atoms with van der Waals surface area (Å²) in [7, 11) is 1.85. The highest BCUT2D eigenvalue weighted by Crippen LogP contribution is 2.31. The SMILES string of the molecule is Cc1cc(-c2ccc(N)nc2)cc(C2CCCN(C(=O)c3cc4cc(F)ccc4n3C)C2)n1. The summed E-state index contributed by atoms with van der Waals surface area (Å²) in [6.07, 6.45) is 3.65. The molecule has 4 heterocycles. The van der Waals surface area contributed by atoms with Gasteiger partial charge < -0.3 is 15.2 Å². The Kier molecular flexibility index (Phi) is 5.32. The number of rotatable bonds is 3. The minimum absolute atomic E-state index is 0.0329. The molecule has 0 bridgehead atoms. The van der Waals surface area contributed by atoms with Crippen molar-refractivity contribution >= 4 is 22.6 Å². The molecule has 168 valence electrons. The molecular weight excluding hydrogens is 417 g/mol. The fourth-order valence-electron chi connectivity index (χ4n) is 4.74. The van der Waals surface area contributed by atoms with Gasteiger partial charge in [-0.1, -0.05) is 0 Å². The van der Waals surface area contributed by atoms with Crippen molar-refractivity contribution in [2.75, 3.05) is 18.8 Å². The van der Waals surface area contributed by atoms with Gasteiger partial charge >= 0.3 is 0 Å². The number of aryl methyl sites for hydroxylation is 2. The number of anilines is 1. The largest absolute Gasteiger partial charge is 0.384 e. The van der Waals surface area contributed by atoms with Crippen LogP contribution in [0.4, 0.5) is 10.2 Å². The van der Waals surface area contributed by atoms with Gasteiger partial charge in [-0.2, -0.15) is 0 Å². The van der Waals surface area contributed by atoms with E-state index in [0.29, 0.717) is 24.6 Å². The molecule has 1 amide bonds. The van der Waals surface area contributed by atoms with Crippen LogP contribution in [0.3, 0.4) is 0 Å². The molecule has 1 atom stereocenters. The Morgan fingerprint density at radius 2 is 1.97 bits per heavy atom. The zero-order chi connectivity index (χ0) is 23.1. The molecule has 3 aromatic heterocycles. The van der Waals surface area contributed by atoms with E-state index in [1.165, 1.54) is 12.1 Å². The highest BCUT2D eigenvalue weighted by atomic mass is 19.1. The van der Waals surface area contributed by atoms with E-state index in [4.69, 9.17) is 10.7 Å². The molecule has 0 saturated carbocycles. The average molecular weight is 444 g/mol. The van der Waals surface area contributed by atoms with Crippen LogP contribution in [0.25, 0.3) is 22.0 Å². The van der Waals surface area contributed by atoms with Crippen LogP contribution in [-0.2, 0) is 7.05 Å². The van der Waals surface area contributed by atoms with Gasteiger partial charge in [0, 0.05) is 60.1 Å². The fourth-order valence-corrected chi connectivity index (χ4v) is 4.74. The molecule has 4 aromatic rings. The van der Waals surface area contributed by atoms with Crippen LogP contribution in [0.2, 0.25) is 0 Å². The normalized spacial score (nSPS) is 16.3. The first-order valence-electron chi connectivity index (χ1n) is 11.1. The molecule has 33 heavy (non-hydrogen) atoms. The van der Waals surface area contributed by atoms with Crippen molar-refractivity contribution in [1.82, 2.24) is 19.4 Å². The van der Waals surface area contributed by atoms with Crippen molar-refractivity contribution in [3.05, 3.63) is 77.6 Å². The monoisotopic (exact) mass is 443 g/mol. The predicted molar refractivity (Wildman–Crippen MR) is 127 cm³/mol. The minimum atomic E-state index is -0.303. The Bertz CT molecular complexity index is 1350. The standard InChI is InChI=1S/C26H26FN5O/c1-16-10-19(17-5-8-25(28)29-14-17)12-22(30-16)18-4-3-9-32(15-18)26(33)24-13-20-11-21(27)6-7-23(20)31(24)2/h5-8,10-14,18H,3-4,9,15H2,1-2H3,(H2,28,29). The molecule has 7 heteroatoms. The van der Waals surface area contributed by atoms with Crippen LogP contribution in [0.1, 0.15) is 40.6 Å². The molecule has 6 nitrogen and oxygen atoms in total. The van der Waals surface area contributed by atoms with Crippen molar-refractivity contribution in [1.29, 1.82) is 0 Å². The number of carbonyl (C=O) groups is 1. The smallest absolute Gasteiger partial charge is 0.270 e. The van der Waals surface area contributed by atoms with Crippen LogP contribution in [-0.4, -0.2) is 38.4 Å². The summed E-state index contributed by atoms with van der Waals surface area (Å²) in [5.41, 5.74) is 11.1. The Morgan fingerprint density at radius 3 is 2.76 bits per heavy atom. The molecule has 1 aliphatic rings. The first-order valence-corrected chi connectivity index (χ1v) is 11.1. The third-order valence-electron chi connectivity index (χ3n) is 6.44. The van der Waals surface area contributed by atoms with E-state index in [1.54, 1.807) is 24.4 Å². The number of piperidine rings is 1. The molecule has 0 aliphatic carbocycles. The van der Waals surface area contributed by atoms with Gasteiger partial charge in [-0.25, -0.2) is 9.37 Å². The maximum Gasteiger partial charge on any atom is 0.270 e. The maximum absolute atomic E-state index is 13.7. The summed E-state index contributed by atoms with van der Waals surface area (Å²) in [6, 6.07) is 14.3. The van der Waals surface area contributed by atoms with Gasteiger partial charge in [0.1, 0.15) is 17.3 Å². The van der Waals surface area contributed by atoms with E-state index >= 15 is 0 Å². The van der Waals surface area contributed by atoms with E-state index in [0.717, 1.165) is 46.3 Å². The molecule has 1 unspecified atom stereocenters. The lowest BCUT2D eigenvalue weighted by Gasteiger charge is -2.33. The number of nitrogens with zero attached hydrogens (tertiary/aromatic N) is 4. The number of amides is 1. The quantitative estimate of drug-likeness (QED) is 0.499. The number of nitrogens with two attached hydrogens (primary N) is 1.